The SMILES string of the molecule is CNC(c1ccc(C(C)(C)C)cc1)c1ncccc1C. The van der Waals surface area contributed by atoms with Crippen LogP contribution in [0.5, 0.6) is 0 Å². The van der Waals surface area contributed by atoms with E-state index in [9.17, 15) is 0 Å². The first-order valence-electron chi connectivity index (χ1n) is 7.12. The molecular weight excluding hydrogens is 244 g/mol. The van der Waals surface area contributed by atoms with E-state index in [2.05, 4.69) is 68.3 Å². The summed E-state index contributed by atoms with van der Waals surface area (Å²) < 4.78 is 0. The molecule has 20 heavy (non-hydrogen) atoms. The average Bonchev–Trinajstić information content (AvgIpc) is 2.41. The predicted molar refractivity (Wildman–Crippen MR) is 85.0 cm³/mol. The second kappa shape index (κ2) is 5.76. The maximum Gasteiger partial charge on any atom is 0.0751 e. The number of hydrogen-bond acceptors (Lipinski definition) is 2. The van der Waals surface area contributed by atoms with E-state index in [-0.39, 0.29) is 11.5 Å². The van der Waals surface area contributed by atoms with Crippen molar-refractivity contribution in [2.45, 2.75) is 39.2 Å². The van der Waals surface area contributed by atoms with Crippen LogP contribution in [0.1, 0.15) is 49.2 Å². The molecule has 0 aliphatic rings. The minimum absolute atomic E-state index is 0.144. The highest BCUT2D eigenvalue weighted by Crippen LogP contribution is 2.26. The largest absolute Gasteiger partial charge is 0.308 e. The van der Waals surface area contributed by atoms with Crippen LogP contribution in [0, 0.1) is 6.92 Å². The van der Waals surface area contributed by atoms with Gasteiger partial charge in [-0.25, -0.2) is 0 Å². The highest BCUT2D eigenvalue weighted by molar-refractivity contribution is 5.35. The molecule has 1 atom stereocenters. The molecule has 106 valence electrons. The molecule has 1 aromatic carbocycles. The van der Waals surface area contributed by atoms with Gasteiger partial charge in [-0.05, 0) is 42.1 Å². The smallest absolute Gasteiger partial charge is 0.0751 e. The molecule has 0 aliphatic heterocycles. The van der Waals surface area contributed by atoms with Gasteiger partial charge in [-0.2, -0.15) is 0 Å². The van der Waals surface area contributed by atoms with Crippen LogP contribution in [0.25, 0.3) is 0 Å². The number of aromatic nitrogens is 1. The normalized spacial score (nSPS) is 13.2. The Balaban J connectivity index is 2.36. The van der Waals surface area contributed by atoms with Gasteiger partial charge in [-0.3, -0.25) is 4.98 Å². The van der Waals surface area contributed by atoms with E-state index >= 15 is 0 Å². The Morgan fingerprint density at radius 2 is 1.70 bits per heavy atom. The van der Waals surface area contributed by atoms with Crippen LogP contribution in [0.2, 0.25) is 0 Å². The van der Waals surface area contributed by atoms with Crippen molar-refractivity contribution < 1.29 is 0 Å². The number of aryl methyl sites for hydroxylation is 1. The molecule has 0 radical (unpaired) electrons. The summed E-state index contributed by atoms with van der Waals surface area (Å²) in [6.07, 6.45) is 1.86. The number of hydrogen-bond donors (Lipinski definition) is 1. The van der Waals surface area contributed by atoms with Crippen molar-refractivity contribution in [2.75, 3.05) is 7.05 Å². The van der Waals surface area contributed by atoms with Gasteiger partial charge in [0.25, 0.3) is 0 Å². The molecule has 0 saturated carbocycles. The zero-order chi connectivity index (χ0) is 14.8. The van der Waals surface area contributed by atoms with E-state index < -0.39 is 0 Å². The zero-order valence-corrected chi connectivity index (χ0v) is 13.1. The number of nitrogens with one attached hydrogen (secondary N) is 1. The topological polar surface area (TPSA) is 24.9 Å². The summed E-state index contributed by atoms with van der Waals surface area (Å²) in [5.74, 6) is 0. The third kappa shape index (κ3) is 3.07. The molecule has 1 aromatic heterocycles. The Labute approximate surface area is 122 Å². The lowest BCUT2D eigenvalue weighted by molar-refractivity contribution is 0.588. The van der Waals surface area contributed by atoms with Crippen molar-refractivity contribution in [2.24, 2.45) is 0 Å². The standard InChI is InChI=1S/C18H24N2/c1-13-7-6-12-20-16(13)17(19-5)14-8-10-15(11-9-14)18(2,3)4/h6-12,17,19H,1-5H3. The molecule has 2 heteroatoms. The fourth-order valence-electron chi connectivity index (χ4n) is 2.44. The number of nitrogens with zero attached hydrogens (tertiary/aromatic N) is 1. The van der Waals surface area contributed by atoms with Crippen LogP contribution >= 0.6 is 0 Å². The first-order valence-corrected chi connectivity index (χ1v) is 7.12. The summed E-state index contributed by atoms with van der Waals surface area (Å²) in [7, 11) is 1.98. The van der Waals surface area contributed by atoms with Gasteiger partial charge in [0, 0.05) is 6.20 Å². The third-order valence-electron chi connectivity index (χ3n) is 3.72. The summed E-state index contributed by atoms with van der Waals surface area (Å²) in [4.78, 5) is 4.53. The monoisotopic (exact) mass is 268 g/mol. The first-order chi connectivity index (χ1) is 9.43. The lowest BCUT2D eigenvalue weighted by atomic mass is 9.86. The minimum atomic E-state index is 0.144. The molecule has 2 nitrogen and oxygen atoms in total. The first kappa shape index (κ1) is 14.7. The average molecular weight is 268 g/mol. The van der Waals surface area contributed by atoms with Gasteiger partial charge < -0.3 is 5.32 Å². The molecule has 1 heterocycles. The van der Waals surface area contributed by atoms with Gasteiger partial charge in [0.1, 0.15) is 0 Å². The minimum Gasteiger partial charge on any atom is -0.308 e. The van der Waals surface area contributed by atoms with Crippen LogP contribution in [-0.2, 0) is 5.41 Å². The highest BCUT2D eigenvalue weighted by Gasteiger charge is 2.17. The second-order valence-electron chi connectivity index (χ2n) is 6.30. The third-order valence-corrected chi connectivity index (χ3v) is 3.72. The summed E-state index contributed by atoms with van der Waals surface area (Å²) in [6.45, 7) is 8.82. The molecule has 0 saturated heterocycles. The maximum absolute atomic E-state index is 4.53. The number of rotatable bonds is 3. The maximum atomic E-state index is 4.53. The lowest BCUT2D eigenvalue weighted by Gasteiger charge is -2.22. The predicted octanol–water partition coefficient (Wildman–Crippen LogP) is 4.00. The van der Waals surface area contributed by atoms with Crippen LogP contribution in [-0.4, -0.2) is 12.0 Å². The van der Waals surface area contributed by atoms with E-state index in [1.165, 1.54) is 16.7 Å². The Hall–Kier alpha value is -1.67. The van der Waals surface area contributed by atoms with Crippen molar-refractivity contribution in [3.63, 3.8) is 0 Å². The van der Waals surface area contributed by atoms with Crippen LogP contribution in [0.4, 0.5) is 0 Å². The van der Waals surface area contributed by atoms with E-state index in [4.69, 9.17) is 0 Å². The van der Waals surface area contributed by atoms with E-state index in [0.29, 0.717) is 0 Å². The van der Waals surface area contributed by atoms with Crippen molar-refractivity contribution in [1.82, 2.24) is 10.3 Å². The molecule has 0 fully saturated rings. The van der Waals surface area contributed by atoms with E-state index in [1.807, 2.05) is 19.3 Å². The van der Waals surface area contributed by atoms with Gasteiger partial charge >= 0.3 is 0 Å². The van der Waals surface area contributed by atoms with Gasteiger partial charge in [-0.1, -0.05) is 51.1 Å². The lowest BCUT2D eigenvalue weighted by Crippen LogP contribution is -2.20. The van der Waals surface area contributed by atoms with Crippen molar-refractivity contribution in [3.8, 4) is 0 Å². The molecule has 0 spiro atoms. The molecule has 0 bridgehead atoms. The van der Waals surface area contributed by atoms with Gasteiger partial charge in [0.05, 0.1) is 11.7 Å². The molecule has 1 N–H and O–H groups in total. The molecule has 2 aromatic rings. The molecule has 1 unspecified atom stereocenters. The Morgan fingerprint density at radius 3 is 2.20 bits per heavy atom. The molecule has 2 rings (SSSR count). The van der Waals surface area contributed by atoms with Crippen LogP contribution in [0.15, 0.2) is 42.6 Å². The van der Waals surface area contributed by atoms with Crippen molar-refractivity contribution in [3.05, 3.63) is 65.0 Å². The quantitative estimate of drug-likeness (QED) is 0.910. The second-order valence-corrected chi connectivity index (χ2v) is 6.30. The van der Waals surface area contributed by atoms with E-state index in [1.54, 1.807) is 0 Å². The van der Waals surface area contributed by atoms with Crippen molar-refractivity contribution >= 4 is 0 Å². The van der Waals surface area contributed by atoms with Crippen LogP contribution < -0.4 is 5.32 Å². The van der Waals surface area contributed by atoms with E-state index in [0.717, 1.165) is 5.69 Å². The Kier molecular flexibility index (Phi) is 4.24. The number of pyridine rings is 1. The van der Waals surface area contributed by atoms with Gasteiger partial charge in [0.15, 0.2) is 0 Å². The summed E-state index contributed by atoms with van der Waals surface area (Å²) in [6, 6.07) is 13.1. The number of benzene rings is 1. The summed E-state index contributed by atoms with van der Waals surface area (Å²) >= 11 is 0. The molecular formula is C18H24N2. The van der Waals surface area contributed by atoms with Gasteiger partial charge in [0.2, 0.25) is 0 Å². The summed E-state index contributed by atoms with van der Waals surface area (Å²) in [5, 5.41) is 3.37. The Bertz CT molecular complexity index is 565. The fraction of sp³-hybridized carbons (Fsp3) is 0.389. The molecule has 0 amide bonds. The zero-order valence-electron chi connectivity index (χ0n) is 13.1. The van der Waals surface area contributed by atoms with Gasteiger partial charge in [-0.15, -0.1) is 0 Å². The molecule has 0 aliphatic carbocycles. The fourth-order valence-corrected chi connectivity index (χ4v) is 2.44. The van der Waals surface area contributed by atoms with Crippen LogP contribution in [0.3, 0.4) is 0 Å². The Morgan fingerprint density at radius 1 is 1.05 bits per heavy atom. The summed E-state index contributed by atoms with van der Waals surface area (Å²) in [5.41, 5.74) is 5.11. The van der Waals surface area contributed by atoms with Crippen molar-refractivity contribution in [1.29, 1.82) is 0 Å². The highest BCUT2D eigenvalue weighted by atomic mass is 14.9.